The Balaban J connectivity index is 1.88. The summed E-state index contributed by atoms with van der Waals surface area (Å²) in [6.45, 7) is 2.33. The van der Waals surface area contributed by atoms with E-state index in [1.807, 2.05) is 6.92 Å². The van der Waals surface area contributed by atoms with Gasteiger partial charge in [-0.05, 0) is 31.5 Å². The molecule has 1 heterocycles. The molecular formula is C14H14F2N2O2S. The fourth-order valence-electron chi connectivity index (χ4n) is 1.82. The maximum absolute atomic E-state index is 13.4. The Hall–Kier alpha value is -1.86. The molecule has 1 aromatic heterocycles. The average molecular weight is 312 g/mol. The van der Waals surface area contributed by atoms with Crippen LogP contribution in [-0.2, 0) is 6.42 Å². The Kier molecular flexibility index (Phi) is 4.98. The summed E-state index contributed by atoms with van der Waals surface area (Å²) < 4.78 is 26.2. The lowest BCUT2D eigenvalue weighted by Crippen LogP contribution is -2.21. The van der Waals surface area contributed by atoms with E-state index >= 15 is 0 Å². The van der Waals surface area contributed by atoms with Crippen LogP contribution in [0.4, 0.5) is 8.78 Å². The molecule has 0 bridgehead atoms. The number of benzene rings is 1. The highest BCUT2D eigenvalue weighted by molar-refractivity contribution is 7.09. The number of hydrogen-bond donors (Lipinski definition) is 2. The quantitative estimate of drug-likeness (QED) is 0.861. The summed E-state index contributed by atoms with van der Waals surface area (Å²) >= 11 is 1.26. The highest BCUT2D eigenvalue weighted by Crippen LogP contribution is 2.18. The van der Waals surface area contributed by atoms with E-state index in [0.29, 0.717) is 23.5 Å². The largest absolute Gasteiger partial charge is 0.476 e. The van der Waals surface area contributed by atoms with Crippen LogP contribution < -0.4 is 5.32 Å². The van der Waals surface area contributed by atoms with E-state index < -0.39 is 17.6 Å². The Labute approximate surface area is 124 Å². The normalized spacial score (nSPS) is 12.3. The molecule has 0 aliphatic rings. The standard InChI is InChI=1S/C14H14F2N2O2S/c1-8(13-18-12(7-21-13)14(19)20)17-5-4-9-2-3-10(15)6-11(9)16/h2-3,6-8,17H,4-5H2,1H3,(H,19,20). The number of carboxylic acid groups (broad SMARTS) is 1. The number of carbonyl (C=O) groups is 1. The molecular weight excluding hydrogens is 298 g/mol. The van der Waals surface area contributed by atoms with E-state index in [4.69, 9.17) is 5.11 Å². The van der Waals surface area contributed by atoms with Gasteiger partial charge >= 0.3 is 5.97 Å². The molecule has 0 saturated heterocycles. The SMILES string of the molecule is CC(NCCc1ccc(F)cc1F)c1nc(C(=O)O)cs1. The molecule has 0 aliphatic carbocycles. The molecule has 0 aliphatic heterocycles. The fraction of sp³-hybridized carbons (Fsp3) is 0.286. The third kappa shape index (κ3) is 4.05. The number of hydrogen-bond acceptors (Lipinski definition) is 4. The number of nitrogens with one attached hydrogen (secondary N) is 1. The molecule has 0 amide bonds. The molecule has 1 unspecified atom stereocenters. The second-order valence-electron chi connectivity index (χ2n) is 4.54. The molecule has 21 heavy (non-hydrogen) atoms. The third-order valence-electron chi connectivity index (χ3n) is 2.97. The number of rotatable bonds is 6. The van der Waals surface area contributed by atoms with Crippen molar-refractivity contribution in [2.45, 2.75) is 19.4 Å². The molecule has 0 spiro atoms. The van der Waals surface area contributed by atoms with Crippen molar-refractivity contribution in [3.05, 3.63) is 51.5 Å². The molecule has 2 N–H and O–H groups in total. The predicted molar refractivity (Wildman–Crippen MR) is 75.6 cm³/mol. The number of nitrogens with zero attached hydrogens (tertiary/aromatic N) is 1. The monoisotopic (exact) mass is 312 g/mol. The van der Waals surface area contributed by atoms with Crippen LogP contribution in [0, 0.1) is 11.6 Å². The van der Waals surface area contributed by atoms with E-state index in [9.17, 15) is 13.6 Å². The first-order valence-electron chi connectivity index (χ1n) is 6.33. The van der Waals surface area contributed by atoms with Crippen molar-refractivity contribution >= 4 is 17.3 Å². The summed E-state index contributed by atoms with van der Waals surface area (Å²) in [6, 6.07) is 3.37. The Morgan fingerprint density at radius 1 is 1.48 bits per heavy atom. The predicted octanol–water partition coefficient (Wildman–Crippen LogP) is 3.01. The van der Waals surface area contributed by atoms with E-state index in [0.717, 1.165) is 6.07 Å². The molecule has 1 atom stereocenters. The summed E-state index contributed by atoms with van der Waals surface area (Å²) in [5.41, 5.74) is 0.453. The second kappa shape index (κ2) is 6.73. The molecule has 0 saturated carbocycles. The zero-order valence-electron chi connectivity index (χ0n) is 11.3. The van der Waals surface area contributed by atoms with Gasteiger partial charge in [0, 0.05) is 11.4 Å². The van der Waals surface area contributed by atoms with Gasteiger partial charge in [0.2, 0.25) is 0 Å². The summed E-state index contributed by atoms with van der Waals surface area (Å²) in [5, 5.41) is 14.1. The number of aromatic carboxylic acids is 1. The molecule has 7 heteroatoms. The van der Waals surface area contributed by atoms with Crippen molar-refractivity contribution in [3.8, 4) is 0 Å². The third-order valence-corrected chi connectivity index (χ3v) is 4.00. The van der Waals surface area contributed by atoms with Crippen molar-refractivity contribution < 1.29 is 18.7 Å². The molecule has 4 nitrogen and oxygen atoms in total. The van der Waals surface area contributed by atoms with Gasteiger partial charge < -0.3 is 10.4 Å². The molecule has 0 radical (unpaired) electrons. The lowest BCUT2D eigenvalue weighted by Gasteiger charge is -2.11. The lowest BCUT2D eigenvalue weighted by atomic mass is 10.1. The maximum atomic E-state index is 13.4. The van der Waals surface area contributed by atoms with Gasteiger partial charge in [0.1, 0.15) is 16.6 Å². The van der Waals surface area contributed by atoms with E-state index in [1.54, 1.807) is 0 Å². The smallest absolute Gasteiger partial charge is 0.355 e. The van der Waals surface area contributed by atoms with Crippen molar-refractivity contribution in [3.63, 3.8) is 0 Å². The molecule has 1 aromatic carbocycles. The number of aromatic nitrogens is 1. The first-order chi connectivity index (χ1) is 9.97. The Bertz CT molecular complexity index is 646. The van der Waals surface area contributed by atoms with Crippen LogP contribution in [0.25, 0.3) is 0 Å². The summed E-state index contributed by atoms with van der Waals surface area (Å²) in [4.78, 5) is 14.7. The minimum Gasteiger partial charge on any atom is -0.476 e. The first kappa shape index (κ1) is 15.5. The number of thiazole rings is 1. The lowest BCUT2D eigenvalue weighted by molar-refractivity contribution is 0.0691. The van der Waals surface area contributed by atoms with Gasteiger partial charge in [-0.15, -0.1) is 11.3 Å². The van der Waals surface area contributed by atoms with Crippen LogP contribution in [0.5, 0.6) is 0 Å². The topological polar surface area (TPSA) is 62.2 Å². The van der Waals surface area contributed by atoms with Crippen molar-refractivity contribution in [2.75, 3.05) is 6.54 Å². The van der Waals surface area contributed by atoms with E-state index in [-0.39, 0.29) is 11.7 Å². The summed E-state index contributed by atoms with van der Waals surface area (Å²) in [7, 11) is 0. The van der Waals surface area contributed by atoms with Crippen LogP contribution in [0.3, 0.4) is 0 Å². The number of halogens is 2. The van der Waals surface area contributed by atoms with Crippen molar-refractivity contribution in [1.29, 1.82) is 0 Å². The second-order valence-corrected chi connectivity index (χ2v) is 5.43. The van der Waals surface area contributed by atoms with Crippen LogP contribution in [0.15, 0.2) is 23.6 Å². The zero-order valence-corrected chi connectivity index (χ0v) is 12.1. The van der Waals surface area contributed by atoms with Gasteiger partial charge in [0.15, 0.2) is 5.69 Å². The summed E-state index contributed by atoms with van der Waals surface area (Å²) in [6.07, 6.45) is 0.410. The van der Waals surface area contributed by atoms with Crippen LogP contribution in [0.1, 0.15) is 34.0 Å². The van der Waals surface area contributed by atoms with Gasteiger partial charge in [-0.1, -0.05) is 6.07 Å². The van der Waals surface area contributed by atoms with Crippen LogP contribution in [-0.4, -0.2) is 22.6 Å². The van der Waals surface area contributed by atoms with Gasteiger partial charge in [0.05, 0.1) is 6.04 Å². The zero-order chi connectivity index (χ0) is 15.4. The van der Waals surface area contributed by atoms with Crippen LogP contribution in [0.2, 0.25) is 0 Å². The van der Waals surface area contributed by atoms with Gasteiger partial charge in [0.25, 0.3) is 0 Å². The van der Waals surface area contributed by atoms with Crippen molar-refractivity contribution in [1.82, 2.24) is 10.3 Å². The first-order valence-corrected chi connectivity index (χ1v) is 7.21. The molecule has 0 fully saturated rings. The molecule has 2 aromatic rings. The Morgan fingerprint density at radius 2 is 2.24 bits per heavy atom. The molecule has 112 valence electrons. The van der Waals surface area contributed by atoms with Gasteiger partial charge in [-0.25, -0.2) is 18.6 Å². The highest BCUT2D eigenvalue weighted by atomic mass is 32.1. The van der Waals surface area contributed by atoms with Gasteiger partial charge in [-0.2, -0.15) is 0 Å². The minimum absolute atomic E-state index is 0.0215. The summed E-state index contributed by atoms with van der Waals surface area (Å²) in [5.74, 6) is -2.22. The van der Waals surface area contributed by atoms with Gasteiger partial charge in [-0.3, -0.25) is 0 Å². The Morgan fingerprint density at radius 3 is 2.86 bits per heavy atom. The highest BCUT2D eigenvalue weighted by Gasteiger charge is 2.13. The van der Waals surface area contributed by atoms with E-state index in [1.165, 1.54) is 28.8 Å². The van der Waals surface area contributed by atoms with Crippen molar-refractivity contribution in [2.24, 2.45) is 0 Å². The maximum Gasteiger partial charge on any atom is 0.355 e. The minimum atomic E-state index is -1.06. The average Bonchev–Trinajstić information content (AvgIpc) is 2.91. The fourth-order valence-corrected chi connectivity index (χ4v) is 2.64. The molecule has 2 rings (SSSR count). The van der Waals surface area contributed by atoms with Crippen LogP contribution >= 0.6 is 11.3 Å². The number of carboxylic acids is 1. The van der Waals surface area contributed by atoms with E-state index in [2.05, 4.69) is 10.3 Å².